The van der Waals surface area contributed by atoms with Gasteiger partial charge in [-0.25, -0.2) is 14.4 Å². The third-order valence-corrected chi connectivity index (χ3v) is 8.98. The van der Waals surface area contributed by atoms with Gasteiger partial charge in [0.1, 0.15) is 11.7 Å². The molecule has 172 valence electrons. The van der Waals surface area contributed by atoms with Gasteiger partial charge in [-0.1, -0.05) is 27.4 Å². The number of nitrogens with zero attached hydrogens (tertiary/aromatic N) is 5. The average molecular weight is 487 g/mol. The third kappa shape index (κ3) is 4.19. The molecule has 1 aromatic carbocycles. The van der Waals surface area contributed by atoms with E-state index in [4.69, 9.17) is 31.2 Å². The van der Waals surface area contributed by atoms with Crippen molar-refractivity contribution in [2.75, 3.05) is 5.75 Å². The lowest BCUT2D eigenvalue weighted by atomic mass is 9.91. The van der Waals surface area contributed by atoms with Crippen LogP contribution in [0, 0.1) is 5.82 Å². The molecule has 0 radical (unpaired) electrons. The molecule has 3 heterocycles. The summed E-state index contributed by atoms with van der Waals surface area (Å²) in [6, 6.07) is 6.96. The van der Waals surface area contributed by atoms with Crippen LogP contribution in [0.3, 0.4) is 0 Å². The van der Waals surface area contributed by atoms with Gasteiger partial charge in [-0.2, -0.15) is 0 Å². The van der Waals surface area contributed by atoms with Gasteiger partial charge >= 0.3 is 0 Å². The molecule has 2 N–H and O–H groups in total. The Bertz CT molecular complexity index is 1280. The Morgan fingerprint density at radius 3 is 2.61 bits per heavy atom. The van der Waals surface area contributed by atoms with Gasteiger partial charge in [0.25, 0.3) is 0 Å². The zero-order valence-electron chi connectivity index (χ0n) is 18.5. The minimum atomic E-state index is -0.830. The van der Waals surface area contributed by atoms with E-state index in [0.29, 0.717) is 51.1 Å². The molecule has 7 nitrogen and oxygen atoms in total. The maximum atomic E-state index is 15.1. The van der Waals surface area contributed by atoms with Crippen molar-refractivity contribution < 1.29 is 8.91 Å². The summed E-state index contributed by atoms with van der Waals surface area (Å²) in [6.07, 6.45) is 5.21. The van der Waals surface area contributed by atoms with Crippen molar-refractivity contribution in [3.63, 3.8) is 0 Å². The molecule has 1 saturated carbocycles. The largest absolute Gasteiger partial charge is 0.386 e. The number of halogens is 2. The minimum Gasteiger partial charge on any atom is -0.386 e. The third-order valence-electron chi connectivity index (χ3n) is 6.00. The Morgan fingerprint density at radius 1 is 1.18 bits per heavy atom. The molecule has 0 bridgehead atoms. The molecule has 0 spiro atoms. The quantitative estimate of drug-likeness (QED) is 0.563. The standard InChI is InChI=1S/C23H24ClFN6OS/c1-22(2)21(26)29-23(3,12-33(22)31-15-5-6-15)16-8-13(4-7-17(16)25)19-9-18(30-32-19)20-27-10-14(24)11-28-20/h4,7-11,15H,5-6,12H2,1-3H3,(H2,26,29)/t23-,33-/m0/s1. The van der Waals surface area contributed by atoms with Crippen LogP contribution in [-0.2, 0) is 16.2 Å². The number of benzene rings is 1. The van der Waals surface area contributed by atoms with E-state index in [-0.39, 0.29) is 21.3 Å². The summed E-state index contributed by atoms with van der Waals surface area (Å²) in [7, 11) is -0.365. The van der Waals surface area contributed by atoms with Crippen molar-refractivity contribution in [3.05, 3.63) is 53.1 Å². The normalized spacial score (nSPS) is 24.6. The molecule has 1 aliphatic carbocycles. The molecule has 2 aromatic heterocycles. The fraction of sp³-hybridized carbons (Fsp3) is 0.391. The maximum absolute atomic E-state index is 15.1. The molecule has 3 aromatic rings. The Kier molecular flexibility index (Phi) is 5.36. The Labute approximate surface area is 198 Å². The number of hydrogen-bond donors (Lipinski definition) is 1. The highest BCUT2D eigenvalue weighted by atomic mass is 35.5. The Morgan fingerprint density at radius 2 is 1.91 bits per heavy atom. The summed E-state index contributed by atoms with van der Waals surface area (Å²) in [4.78, 5) is 13.1. The number of aromatic nitrogens is 3. The Balaban J connectivity index is 1.53. The molecule has 0 saturated heterocycles. The lowest BCUT2D eigenvalue weighted by molar-refractivity contribution is 0.434. The average Bonchev–Trinajstić information content (AvgIpc) is 3.45. The van der Waals surface area contributed by atoms with Gasteiger partial charge in [-0.15, -0.1) is 0 Å². The second kappa shape index (κ2) is 7.99. The van der Waals surface area contributed by atoms with Crippen LogP contribution in [0.4, 0.5) is 4.39 Å². The van der Waals surface area contributed by atoms with Crippen molar-refractivity contribution in [3.8, 4) is 22.8 Å². The molecule has 33 heavy (non-hydrogen) atoms. The van der Waals surface area contributed by atoms with Crippen LogP contribution in [-0.4, -0.2) is 37.5 Å². The van der Waals surface area contributed by atoms with Crippen molar-refractivity contribution in [2.24, 2.45) is 15.1 Å². The van der Waals surface area contributed by atoms with Crippen molar-refractivity contribution >= 4 is 28.1 Å². The second-order valence-electron chi connectivity index (χ2n) is 9.12. The summed E-state index contributed by atoms with van der Waals surface area (Å²) in [5, 5.41) is 4.49. The molecular weight excluding hydrogens is 463 g/mol. The van der Waals surface area contributed by atoms with E-state index in [2.05, 4.69) is 29.0 Å². The first kappa shape index (κ1) is 22.2. The van der Waals surface area contributed by atoms with Crippen LogP contribution in [0.15, 0.2) is 50.5 Å². The number of rotatable bonds is 4. The van der Waals surface area contributed by atoms with Gasteiger partial charge in [0.05, 0.1) is 21.4 Å². The minimum absolute atomic E-state index is 0.339. The fourth-order valence-electron chi connectivity index (χ4n) is 3.72. The molecule has 2 aliphatic rings. The predicted octanol–water partition coefficient (Wildman–Crippen LogP) is 4.92. The van der Waals surface area contributed by atoms with Gasteiger partial charge in [0.2, 0.25) is 0 Å². The lowest BCUT2D eigenvalue weighted by Gasteiger charge is -2.40. The maximum Gasteiger partial charge on any atom is 0.181 e. The first-order valence-corrected chi connectivity index (χ1v) is 12.4. The first-order chi connectivity index (χ1) is 15.7. The van der Waals surface area contributed by atoms with E-state index in [1.165, 1.54) is 18.5 Å². The van der Waals surface area contributed by atoms with E-state index >= 15 is 4.39 Å². The summed E-state index contributed by atoms with van der Waals surface area (Å²) < 4.78 is 25.3. The zero-order valence-corrected chi connectivity index (χ0v) is 20.1. The smallest absolute Gasteiger partial charge is 0.181 e. The Hall–Kier alpha value is -2.65. The monoisotopic (exact) mass is 486 g/mol. The van der Waals surface area contributed by atoms with Crippen molar-refractivity contribution in [1.82, 2.24) is 15.1 Å². The van der Waals surface area contributed by atoms with E-state index in [9.17, 15) is 0 Å². The molecule has 0 amide bonds. The van der Waals surface area contributed by atoms with E-state index < -0.39 is 5.54 Å². The van der Waals surface area contributed by atoms with Gasteiger partial charge < -0.3 is 10.3 Å². The number of amidine groups is 1. The van der Waals surface area contributed by atoms with Crippen molar-refractivity contribution in [2.45, 2.75) is 49.9 Å². The van der Waals surface area contributed by atoms with Crippen LogP contribution in [0.2, 0.25) is 5.02 Å². The highest BCUT2D eigenvalue weighted by molar-refractivity contribution is 7.89. The zero-order chi connectivity index (χ0) is 23.4. The van der Waals surface area contributed by atoms with Crippen LogP contribution in [0.5, 0.6) is 0 Å². The SMILES string of the molecule is CC1(C)C(N)=N[C@](C)(c2cc(-c3cc(-c4ncc(Cl)cn4)no3)ccc2F)C[S@@]1=NC1CC1. The van der Waals surface area contributed by atoms with E-state index in [1.807, 2.05) is 6.92 Å². The fourth-order valence-corrected chi connectivity index (χ4v) is 6.13. The van der Waals surface area contributed by atoms with Crippen LogP contribution >= 0.6 is 11.6 Å². The number of nitrogens with two attached hydrogens (primary N) is 1. The molecule has 2 atom stereocenters. The van der Waals surface area contributed by atoms with Gasteiger partial charge in [0.15, 0.2) is 17.3 Å². The second-order valence-corrected chi connectivity index (χ2v) is 11.8. The van der Waals surface area contributed by atoms with E-state index in [1.54, 1.807) is 18.2 Å². The predicted molar refractivity (Wildman–Crippen MR) is 129 cm³/mol. The van der Waals surface area contributed by atoms with Crippen molar-refractivity contribution in [1.29, 1.82) is 0 Å². The summed E-state index contributed by atoms with van der Waals surface area (Å²) >= 11 is 5.86. The topological polar surface area (TPSA) is 103 Å². The summed E-state index contributed by atoms with van der Waals surface area (Å²) in [6.45, 7) is 6.07. The molecule has 1 fully saturated rings. The van der Waals surface area contributed by atoms with Crippen LogP contribution < -0.4 is 5.73 Å². The first-order valence-electron chi connectivity index (χ1n) is 10.7. The van der Waals surface area contributed by atoms with Gasteiger partial charge in [-0.3, -0.25) is 9.36 Å². The molecule has 10 heteroatoms. The molecule has 1 aliphatic heterocycles. The molecule has 0 unspecified atom stereocenters. The number of hydrogen-bond acceptors (Lipinski definition) is 7. The van der Waals surface area contributed by atoms with Crippen LogP contribution in [0.1, 0.15) is 39.2 Å². The number of aliphatic imine (C=N–C) groups is 1. The molecule has 5 rings (SSSR count). The molecular formula is C23H24ClFN6OS. The lowest BCUT2D eigenvalue weighted by Crippen LogP contribution is -2.52. The van der Waals surface area contributed by atoms with Gasteiger partial charge in [0, 0.05) is 35.3 Å². The van der Waals surface area contributed by atoms with Crippen LogP contribution in [0.25, 0.3) is 22.8 Å². The highest BCUT2D eigenvalue weighted by Crippen LogP contribution is 2.40. The summed E-state index contributed by atoms with van der Waals surface area (Å²) in [5.74, 6) is 1.64. The van der Waals surface area contributed by atoms with Gasteiger partial charge in [-0.05, 0) is 51.8 Å². The van der Waals surface area contributed by atoms with E-state index in [0.717, 1.165) is 12.8 Å². The summed E-state index contributed by atoms with van der Waals surface area (Å²) in [5.41, 5.74) is 7.18. The highest BCUT2D eigenvalue weighted by Gasteiger charge is 2.43.